The van der Waals surface area contributed by atoms with Gasteiger partial charge in [0.1, 0.15) is 5.75 Å². The Labute approximate surface area is 215 Å². The summed E-state index contributed by atoms with van der Waals surface area (Å²) < 4.78 is 33.8. The highest BCUT2D eigenvalue weighted by molar-refractivity contribution is 7.99. The van der Waals surface area contributed by atoms with Crippen molar-refractivity contribution in [3.05, 3.63) is 108 Å². The van der Waals surface area contributed by atoms with Crippen molar-refractivity contribution in [3.63, 3.8) is 0 Å². The quantitative estimate of drug-likeness (QED) is 0.273. The third-order valence-electron chi connectivity index (χ3n) is 5.25. The molecule has 0 aliphatic rings. The zero-order valence-corrected chi connectivity index (χ0v) is 21.5. The summed E-state index contributed by atoms with van der Waals surface area (Å²) in [6, 6.07) is 29.1. The molecular formula is C28H26N2O4S2. The van der Waals surface area contributed by atoms with E-state index in [1.165, 1.54) is 12.1 Å². The first kappa shape index (κ1) is 25.3. The molecule has 4 aromatic carbocycles. The zero-order chi connectivity index (χ0) is 25.5. The lowest BCUT2D eigenvalue weighted by Crippen LogP contribution is -2.21. The molecule has 0 aliphatic carbocycles. The lowest BCUT2D eigenvalue weighted by atomic mass is 10.2. The monoisotopic (exact) mass is 518 g/mol. The molecule has 4 rings (SSSR count). The van der Waals surface area contributed by atoms with E-state index in [0.717, 1.165) is 15.4 Å². The van der Waals surface area contributed by atoms with Gasteiger partial charge in [0.05, 0.1) is 10.6 Å². The molecule has 6 nitrogen and oxygen atoms in total. The van der Waals surface area contributed by atoms with Crippen LogP contribution < -0.4 is 14.8 Å². The number of anilines is 2. The fraction of sp³-hybridized carbons (Fsp3) is 0.107. The van der Waals surface area contributed by atoms with E-state index in [1.54, 1.807) is 36.9 Å². The van der Waals surface area contributed by atoms with Gasteiger partial charge < -0.3 is 10.1 Å². The van der Waals surface area contributed by atoms with Gasteiger partial charge in [-0.1, -0.05) is 59.8 Å². The smallest absolute Gasteiger partial charge is 0.262 e. The van der Waals surface area contributed by atoms with E-state index in [0.29, 0.717) is 22.7 Å². The van der Waals surface area contributed by atoms with Crippen LogP contribution in [0.5, 0.6) is 5.75 Å². The molecule has 0 radical (unpaired) electrons. The number of para-hydroxylation sites is 1. The Kier molecular flexibility index (Phi) is 7.97. The van der Waals surface area contributed by atoms with Crippen LogP contribution >= 0.6 is 11.8 Å². The second kappa shape index (κ2) is 11.3. The van der Waals surface area contributed by atoms with Crippen molar-refractivity contribution in [2.24, 2.45) is 0 Å². The molecule has 0 atom stereocenters. The highest BCUT2D eigenvalue weighted by Gasteiger charge is 2.16. The predicted octanol–water partition coefficient (Wildman–Crippen LogP) is 6.27. The fourth-order valence-electron chi connectivity index (χ4n) is 3.39. The Morgan fingerprint density at radius 3 is 2.28 bits per heavy atom. The second-order valence-corrected chi connectivity index (χ2v) is 10.9. The van der Waals surface area contributed by atoms with Gasteiger partial charge in [-0.3, -0.25) is 9.52 Å². The van der Waals surface area contributed by atoms with Gasteiger partial charge >= 0.3 is 0 Å². The Hall–Kier alpha value is -3.75. The van der Waals surface area contributed by atoms with E-state index in [9.17, 15) is 13.2 Å². The van der Waals surface area contributed by atoms with Gasteiger partial charge in [0.15, 0.2) is 6.61 Å². The molecular weight excluding hydrogens is 492 g/mol. The van der Waals surface area contributed by atoms with Crippen molar-refractivity contribution in [1.82, 2.24) is 0 Å². The number of sulfonamides is 1. The molecule has 0 fully saturated rings. The van der Waals surface area contributed by atoms with Crippen LogP contribution in [0.1, 0.15) is 11.1 Å². The van der Waals surface area contributed by atoms with Crippen molar-refractivity contribution in [2.45, 2.75) is 28.5 Å². The number of benzene rings is 4. The normalized spacial score (nSPS) is 11.1. The molecule has 8 heteroatoms. The Morgan fingerprint density at radius 2 is 1.56 bits per heavy atom. The van der Waals surface area contributed by atoms with Crippen LogP contribution in [0.2, 0.25) is 0 Å². The van der Waals surface area contributed by atoms with Crippen LogP contribution in [0.15, 0.2) is 112 Å². The number of carbonyl (C=O) groups is 1. The number of aryl methyl sites for hydroxylation is 2. The van der Waals surface area contributed by atoms with Gasteiger partial charge in [-0.15, -0.1) is 0 Å². The van der Waals surface area contributed by atoms with Crippen LogP contribution in [0, 0.1) is 13.8 Å². The Morgan fingerprint density at radius 1 is 0.861 bits per heavy atom. The molecule has 2 N–H and O–H groups in total. The maximum atomic E-state index is 12.8. The molecule has 0 unspecified atom stereocenters. The number of carbonyl (C=O) groups excluding carboxylic acids is 1. The van der Waals surface area contributed by atoms with E-state index in [1.807, 2.05) is 73.7 Å². The van der Waals surface area contributed by atoms with Crippen molar-refractivity contribution in [1.29, 1.82) is 0 Å². The number of hydrogen-bond acceptors (Lipinski definition) is 5. The van der Waals surface area contributed by atoms with E-state index in [4.69, 9.17) is 4.74 Å². The SMILES string of the molecule is Cc1ccc(NS(=O)(=O)c2ccc(OCC(=O)Nc3ccccc3Sc3ccccc3)c(C)c2)cc1. The summed E-state index contributed by atoms with van der Waals surface area (Å²) in [7, 11) is -3.76. The van der Waals surface area contributed by atoms with Crippen molar-refractivity contribution < 1.29 is 17.9 Å². The first-order valence-electron chi connectivity index (χ1n) is 11.2. The van der Waals surface area contributed by atoms with E-state index < -0.39 is 10.0 Å². The van der Waals surface area contributed by atoms with E-state index in [-0.39, 0.29) is 17.4 Å². The topological polar surface area (TPSA) is 84.5 Å². The van der Waals surface area contributed by atoms with Gasteiger partial charge in [-0.2, -0.15) is 0 Å². The summed E-state index contributed by atoms with van der Waals surface area (Å²) in [5, 5.41) is 2.90. The predicted molar refractivity (Wildman–Crippen MR) is 144 cm³/mol. The second-order valence-electron chi connectivity index (χ2n) is 8.15. The average molecular weight is 519 g/mol. The standard InChI is InChI=1S/C28H26N2O4S2/c1-20-12-14-22(15-13-20)30-36(32,33)24-16-17-26(21(2)18-24)34-19-28(31)29-25-10-6-7-11-27(25)35-23-8-4-3-5-9-23/h3-18,30H,19H2,1-2H3,(H,29,31). The lowest BCUT2D eigenvalue weighted by Gasteiger charge is -2.13. The maximum absolute atomic E-state index is 12.8. The fourth-order valence-corrected chi connectivity index (χ4v) is 5.46. The maximum Gasteiger partial charge on any atom is 0.262 e. The zero-order valence-electron chi connectivity index (χ0n) is 19.9. The number of hydrogen-bond donors (Lipinski definition) is 2. The number of nitrogens with one attached hydrogen (secondary N) is 2. The first-order valence-corrected chi connectivity index (χ1v) is 13.5. The van der Waals surface area contributed by atoms with Crippen molar-refractivity contribution in [3.8, 4) is 5.75 Å². The Bertz CT molecular complexity index is 1450. The third kappa shape index (κ3) is 6.68. The van der Waals surface area contributed by atoms with Crippen LogP contribution in [-0.2, 0) is 14.8 Å². The van der Waals surface area contributed by atoms with Gasteiger partial charge in [0, 0.05) is 15.5 Å². The molecule has 0 saturated carbocycles. The summed E-state index contributed by atoms with van der Waals surface area (Å²) in [6.07, 6.45) is 0. The summed E-state index contributed by atoms with van der Waals surface area (Å²) in [6.45, 7) is 3.46. The molecule has 0 aliphatic heterocycles. The molecule has 0 bridgehead atoms. The minimum Gasteiger partial charge on any atom is -0.483 e. The van der Waals surface area contributed by atoms with Gasteiger partial charge in [0.2, 0.25) is 0 Å². The lowest BCUT2D eigenvalue weighted by molar-refractivity contribution is -0.118. The highest BCUT2D eigenvalue weighted by Crippen LogP contribution is 2.33. The van der Waals surface area contributed by atoms with E-state index in [2.05, 4.69) is 10.0 Å². The van der Waals surface area contributed by atoms with Crippen LogP contribution in [-0.4, -0.2) is 20.9 Å². The summed E-state index contributed by atoms with van der Waals surface area (Å²) >= 11 is 1.56. The van der Waals surface area contributed by atoms with Gasteiger partial charge in [0.25, 0.3) is 15.9 Å². The molecule has 0 saturated heterocycles. The number of amides is 1. The van der Waals surface area contributed by atoms with Gasteiger partial charge in [-0.25, -0.2) is 8.42 Å². The number of ether oxygens (including phenoxy) is 1. The molecule has 0 heterocycles. The summed E-state index contributed by atoms with van der Waals surface area (Å²) in [4.78, 5) is 14.7. The minimum atomic E-state index is -3.76. The van der Waals surface area contributed by atoms with Crippen LogP contribution in [0.25, 0.3) is 0 Å². The minimum absolute atomic E-state index is 0.115. The van der Waals surface area contributed by atoms with E-state index >= 15 is 0 Å². The molecule has 0 spiro atoms. The number of rotatable bonds is 9. The first-order chi connectivity index (χ1) is 17.3. The summed E-state index contributed by atoms with van der Waals surface area (Å²) in [5.74, 6) is 0.125. The molecule has 36 heavy (non-hydrogen) atoms. The van der Waals surface area contributed by atoms with Gasteiger partial charge in [-0.05, 0) is 74.0 Å². The molecule has 0 aromatic heterocycles. The summed E-state index contributed by atoms with van der Waals surface area (Å²) in [5.41, 5.74) is 2.83. The molecule has 4 aromatic rings. The average Bonchev–Trinajstić information content (AvgIpc) is 2.86. The van der Waals surface area contributed by atoms with Crippen LogP contribution in [0.4, 0.5) is 11.4 Å². The Balaban J connectivity index is 1.38. The largest absolute Gasteiger partial charge is 0.483 e. The molecule has 184 valence electrons. The van der Waals surface area contributed by atoms with Crippen molar-refractivity contribution >= 4 is 39.1 Å². The third-order valence-corrected chi connectivity index (χ3v) is 7.71. The molecule has 1 amide bonds. The van der Waals surface area contributed by atoms with Crippen LogP contribution in [0.3, 0.4) is 0 Å². The van der Waals surface area contributed by atoms with Crippen molar-refractivity contribution in [2.75, 3.05) is 16.6 Å². The highest BCUT2D eigenvalue weighted by atomic mass is 32.2.